The molecule has 0 atom stereocenters. The molecule has 0 saturated carbocycles. The Bertz CT molecular complexity index is 602. The van der Waals surface area contributed by atoms with Gasteiger partial charge < -0.3 is 10.2 Å². The van der Waals surface area contributed by atoms with Crippen molar-refractivity contribution in [2.45, 2.75) is 11.8 Å². The van der Waals surface area contributed by atoms with Crippen molar-refractivity contribution in [2.24, 2.45) is 0 Å². The maximum Gasteiger partial charge on any atom is 0.322 e. The molecule has 19 heavy (non-hydrogen) atoms. The minimum atomic E-state index is -0.410. The van der Waals surface area contributed by atoms with Gasteiger partial charge >= 0.3 is 6.01 Å². The monoisotopic (exact) mass is 282 g/mol. The van der Waals surface area contributed by atoms with Gasteiger partial charge in [0.15, 0.2) is 0 Å². The zero-order valence-corrected chi connectivity index (χ0v) is 10.8. The summed E-state index contributed by atoms with van der Waals surface area (Å²) in [6.07, 6.45) is 0. The maximum atomic E-state index is 12.8. The fourth-order valence-corrected chi connectivity index (χ4v) is 2.05. The summed E-state index contributed by atoms with van der Waals surface area (Å²) in [6, 6.07) is 4.08. The Morgan fingerprint density at radius 3 is 2.95 bits per heavy atom. The second-order valence-electron chi connectivity index (χ2n) is 3.65. The van der Waals surface area contributed by atoms with E-state index in [0.29, 0.717) is 16.5 Å². The van der Waals surface area contributed by atoms with Gasteiger partial charge in [-0.3, -0.25) is 10.1 Å². The van der Waals surface area contributed by atoms with Gasteiger partial charge in [0.25, 0.3) is 0 Å². The van der Waals surface area contributed by atoms with Crippen LogP contribution in [0.25, 0.3) is 0 Å². The normalized spacial score (nSPS) is 10.4. The first-order valence-electron chi connectivity index (χ1n) is 5.32. The lowest BCUT2D eigenvalue weighted by Gasteiger charge is -2.04. The van der Waals surface area contributed by atoms with Crippen LogP contribution in [0.4, 0.5) is 16.1 Å². The fourth-order valence-electron chi connectivity index (χ4n) is 1.30. The topological polar surface area (TPSA) is 94.0 Å². The third kappa shape index (κ3) is 3.68. The number of hydrogen-bond donors (Lipinski definition) is 2. The van der Waals surface area contributed by atoms with Crippen molar-refractivity contribution >= 4 is 29.4 Å². The van der Waals surface area contributed by atoms with E-state index in [4.69, 9.17) is 10.2 Å². The molecule has 6 nitrogen and oxygen atoms in total. The number of nitrogens with zero attached hydrogens (tertiary/aromatic N) is 2. The van der Waals surface area contributed by atoms with Gasteiger partial charge in [-0.2, -0.15) is 0 Å². The number of hydrogen-bond acceptors (Lipinski definition) is 6. The molecule has 2 aromatic rings. The van der Waals surface area contributed by atoms with Crippen LogP contribution in [0.3, 0.4) is 0 Å². The zero-order chi connectivity index (χ0) is 13.8. The van der Waals surface area contributed by atoms with E-state index < -0.39 is 5.82 Å². The zero-order valence-electron chi connectivity index (χ0n) is 10.0. The number of nitrogen functional groups attached to an aromatic ring is 1. The van der Waals surface area contributed by atoms with E-state index in [1.165, 1.54) is 30.0 Å². The van der Waals surface area contributed by atoms with E-state index in [1.807, 2.05) is 0 Å². The van der Waals surface area contributed by atoms with Crippen LogP contribution in [0.5, 0.6) is 0 Å². The van der Waals surface area contributed by atoms with E-state index in [1.54, 1.807) is 6.92 Å². The Kier molecular flexibility index (Phi) is 4.00. The van der Waals surface area contributed by atoms with E-state index in [0.717, 1.165) is 0 Å². The van der Waals surface area contributed by atoms with Gasteiger partial charge in [0, 0.05) is 17.5 Å². The number of amides is 1. The number of nitrogens with two attached hydrogens (primary N) is 1. The first-order valence-corrected chi connectivity index (χ1v) is 6.31. The van der Waals surface area contributed by atoms with Crippen molar-refractivity contribution in [3.8, 4) is 0 Å². The Morgan fingerprint density at radius 2 is 2.32 bits per heavy atom. The number of halogens is 1. The number of nitrogens with one attached hydrogen (secondary N) is 1. The van der Waals surface area contributed by atoms with E-state index in [9.17, 15) is 9.18 Å². The molecule has 1 heterocycles. The fraction of sp³-hybridized carbons (Fsp3) is 0.182. The molecule has 0 bridgehead atoms. The molecule has 0 unspecified atom stereocenters. The number of aromatic nitrogens is 2. The predicted molar refractivity (Wildman–Crippen MR) is 69.2 cm³/mol. The van der Waals surface area contributed by atoms with Gasteiger partial charge in [0.05, 0.1) is 5.75 Å². The average molecular weight is 282 g/mol. The van der Waals surface area contributed by atoms with Crippen molar-refractivity contribution in [3.05, 3.63) is 29.9 Å². The molecule has 8 heteroatoms. The third-order valence-corrected chi connectivity index (χ3v) is 3.19. The molecule has 0 aliphatic rings. The largest absolute Gasteiger partial charge is 0.408 e. The average Bonchev–Trinajstić information content (AvgIpc) is 2.73. The minimum absolute atomic E-state index is 0.0511. The van der Waals surface area contributed by atoms with Crippen molar-refractivity contribution in [2.75, 3.05) is 16.8 Å². The molecular formula is C11H11FN4O2S. The van der Waals surface area contributed by atoms with Crippen molar-refractivity contribution in [1.82, 2.24) is 10.2 Å². The van der Waals surface area contributed by atoms with E-state index in [2.05, 4.69) is 15.5 Å². The number of thioether (sulfide) groups is 1. The Labute approximate surface area is 112 Å². The highest BCUT2D eigenvalue weighted by molar-refractivity contribution is 8.00. The van der Waals surface area contributed by atoms with Crippen molar-refractivity contribution < 1.29 is 13.6 Å². The highest BCUT2D eigenvalue weighted by Gasteiger charge is 2.09. The summed E-state index contributed by atoms with van der Waals surface area (Å²) < 4.78 is 17.8. The van der Waals surface area contributed by atoms with Crippen LogP contribution >= 0.6 is 11.8 Å². The molecule has 1 aromatic heterocycles. The highest BCUT2D eigenvalue weighted by atomic mass is 32.2. The number of anilines is 2. The van der Waals surface area contributed by atoms with Gasteiger partial charge in [0.2, 0.25) is 11.8 Å². The second kappa shape index (κ2) is 5.70. The number of benzene rings is 1. The van der Waals surface area contributed by atoms with Gasteiger partial charge in [-0.1, -0.05) is 5.10 Å². The van der Waals surface area contributed by atoms with Crippen molar-refractivity contribution in [3.63, 3.8) is 0 Å². The van der Waals surface area contributed by atoms with Crippen LogP contribution < -0.4 is 11.1 Å². The van der Waals surface area contributed by atoms with Crippen molar-refractivity contribution in [1.29, 1.82) is 0 Å². The lowest BCUT2D eigenvalue weighted by Crippen LogP contribution is -2.14. The summed E-state index contributed by atoms with van der Waals surface area (Å²) in [5.74, 6) is -0.243. The van der Waals surface area contributed by atoms with Gasteiger partial charge in [-0.05, 0) is 18.2 Å². The van der Waals surface area contributed by atoms with Crippen LogP contribution in [-0.4, -0.2) is 21.9 Å². The molecule has 1 aromatic carbocycles. The maximum absolute atomic E-state index is 12.8. The highest BCUT2D eigenvalue weighted by Crippen LogP contribution is 2.25. The number of carbonyl (C=O) groups is 1. The standard InChI is InChI=1S/C11H11FN4O2S/c1-6-15-16-11(18-6)14-10(17)5-19-9-3-2-7(12)4-8(9)13/h2-4H,5,13H2,1H3,(H,14,16,17). The summed E-state index contributed by atoms with van der Waals surface area (Å²) in [6.45, 7) is 1.62. The molecule has 0 radical (unpaired) electrons. The molecule has 0 aliphatic carbocycles. The molecule has 0 saturated heterocycles. The summed E-state index contributed by atoms with van der Waals surface area (Å²) >= 11 is 1.20. The first-order chi connectivity index (χ1) is 9.04. The molecular weight excluding hydrogens is 271 g/mol. The molecule has 3 N–H and O–H groups in total. The van der Waals surface area contributed by atoms with Crippen LogP contribution in [0.2, 0.25) is 0 Å². The molecule has 0 spiro atoms. The quantitative estimate of drug-likeness (QED) is 0.656. The summed E-state index contributed by atoms with van der Waals surface area (Å²) in [4.78, 5) is 12.2. The third-order valence-electron chi connectivity index (χ3n) is 2.10. The Morgan fingerprint density at radius 1 is 1.53 bits per heavy atom. The predicted octanol–water partition coefficient (Wildman–Crippen LogP) is 1.83. The van der Waals surface area contributed by atoms with Crippen LogP contribution in [0.15, 0.2) is 27.5 Å². The molecule has 0 aliphatic heterocycles. The van der Waals surface area contributed by atoms with Crippen LogP contribution in [0, 0.1) is 12.7 Å². The first kappa shape index (κ1) is 13.3. The number of carbonyl (C=O) groups excluding carboxylic acids is 1. The van der Waals surface area contributed by atoms with Crippen LogP contribution in [0.1, 0.15) is 5.89 Å². The Balaban J connectivity index is 1.89. The summed E-state index contributed by atoms with van der Waals surface area (Å²) in [7, 11) is 0. The minimum Gasteiger partial charge on any atom is -0.408 e. The van der Waals surface area contributed by atoms with E-state index >= 15 is 0 Å². The smallest absolute Gasteiger partial charge is 0.322 e. The lowest BCUT2D eigenvalue weighted by molar-refractivity contribution is -0.113. The summed E-state index contributed by atoms with van der Waals surface area (Å²) in [5, 5.41) is 9.67. The van der Waals surface area contributed by atoms with Gasteiger partial charge in [-0.15, -0.1) is 16.9 Å². The van der Waals surface area contributed by atoms with E-state index in [-0.39, 0.29) is 17.7 Å². The summed E-state index contributed by atoms with van der Waals surface area (Å²) in [5.41, 5.74) is 5.93. The van der Waals surface area contributed by atoms with Gasteiger partial charge in [0.1, 0.15) is 5.82 Å². The van der Waals surface area contributed by atoms with Crippen LogP contribution in [-0.2, 0) is 4.79 Å². The molecule has 1 amide bonds. The number of rotatable bonds is 4. The second-order valence-corrected chi connectivity index (χ2v) is 4.66. The lowest BCUT2D eigenvalue weighted by atomic mass is 10.3. The molecule has 100 valence electrons. The Hall–Kier alpha value is -2.09. The molecule has 0 fully saturated rings. The number of aryl methyl sites for hydroxylation is 1. The molecule has 2 rings (SSSR count). The van der Waals surface area contributed by atoms with Gasteiger partial charge in [-0.25, -0.2) is 4.39 Å². The SMILES string of the molecule is Cc1nnc(NC(=O)CSc2ccc(F)cc2N)o1.